The zero-order valence-electron chi connectivity index (χ0n) is 10.6. The number of likely N-dealkylation sites (N-methyl/N-ethyl adjacent to an activating group) is 1. The molecule has 0 bridgehead atoms. The monoisotopic (exact) mass is 260 g/mol. The first-order chi connectivity index (χ1) is 8.76. The molecule has 0 aliphatic carbocycles. The summed E-state index contributed by atoms with van der Waals surface area (Å²) < 4.78 is 0. The third-order valence-corrected chi connectivity index (χ3v) is 3.64. The normalized spacial score (nSPS) is 20.1. The summed E-state index contributed by atoms with van der Waals surface area (Å²) in [6.07, 6.45) is 1.92. The number of hydrogen-bond acceptors (Lipinski definition) is 3. The van der Waals surface area contributed by atoms with Gasteiger partial charge in [-0.15, -0.1) is 0 Å². The van der Waals surface area contributed by atoms with E-state index in [4.69, 9.17) is 0 Å². The fourth-order valence-electron chi connectivity index (χ4n) is 1.74. The highest BCUT2D eigenvalue weighted by Crippen LogP contribution is 2.32. The smallest absolute Gasteiger partial charge is 0.266 e. The molecular formula is C14H16N2OS. The molecule has 1 aliphatic heterocycles. The maximum absolute atomic E-state index is 12.2. The van der Waals surface area contributed by atoms with E-state index in [0.717, 1.165) is 15.6 Å². The van der Waals surface area contributed by atoms with Crippen LogP contribution in [0.4, 0.5) is 0 Å². The van der Waals surface area contributed by atoms with Gasteiger partial charge in [0, 0.05) is 13.1 Å². The van der Waals surface area contributed by atoms with Gasteiger partial charge in [-0.2, -0.15) is 0 Å². The number of rotatable bonds is 3. The summed E-state index contributed by atoms with van der Waals surface area (Å²) in [6, 6.07) is 9.89. The van der Waals surface area contributed by atoms with E-state index in [0.29, 0.717) is 13.1 Å². The van der Waals surface area contributed by atoms with Crippen molar-refractivity contribution in [1.29, 1.82) is 0 Å². The van der Waals surface area contributed by atoms with E-state index in [1.165, 1.54) is 11.8 Å². The van der Waals surface area contributed by atoms with Crippen LogP contribution in [-0.2, 0) is 4.79 Å². The molecule has 2 rings (SSSR count). The lowest BCUT2D eigenvalue weighted by Gasteiger charge is -2.11. The molecule has 1 aliphatic rings. The van der Waals surface area contributed by atoms with Gasteiger partial charge in [-0.05, 0) is 37.2 Å². The number of amides is 1. The second kappa shape index (κ2) is 5.87. The van der Waals surface area contributed by atoms with E-state index in [1.54, 1.807) is 4.90 Å². The Kier molecular flexibility index (Phi) is 4.20. The average Bonchev–Trinajstić information content (AvgIpc) is 2.67. The molecule has 94 valence electrons. The van der Waals surface area contributed by atoms with Gasteiger partial charge in [0.15, 0.2) is 5.17 Å². The number of carbonyl (C=O) groups excluding carboxylic acids is 1. The molecule has 0 atom stereocenters. The molecule has 3 nitrogen and oxygen atoms in total. The van der Waals surface area contributed by atoms with Crippen LogP contribution in [0.3, 0.4) is 0 Å². The lowest BCUT2D eigenvalue weighted by atomic mass is 10.2. The first-order valence-electron chi connectivity index (χ1n) is 6.07. The molecule has 0 radical (unpaired) electrons. The Morgan fingerprint density at radius 1 is 1.28 bits per heavy atom. The van der Waals surface area contributed by atoms with Crippen molar-refractivity contribution in [2.45, 2.75) is 13.8 Å². The van der Waals surface area contributed by atoms with Crippen molar-refractivity contribution in [3.8, 4) is 0 Å². The Morgan fingerprint density at radius 3 is 2.61 bits per heavy atom. The molecule has 1 aromatic rings. The van der Waals surface area contributed by atoms with E-state index in [9.17, 15) is 4.79 Å². The number of benzene rings is 1. The minimum atomic E-state index is 0.0542. The molecule has 1 fully saturated rings. The standard InChI is InChI=1S/C14H16N2OS/c1-3-15-14-16(4-2)13(17)12(18-14)10-11-8-6-5-7-9-11/h5-10H,3-4H2,1-2H3. The van der Waals surface area contributed by atoms with Gasteiger partial charge in [-0.25, -0.2) is 0 Å². The van der Waals surface area contributed by atoms with Gasteiger partial charge >= 0.3 is 0 Å². The van der Waals surface area contributed by atoms with E-state index in [1.807, 2.05) is 50.3 Å². The van der Waals surface area contributed by atoms with Gasteiger partial charge in [-0.3, -0.25) is 14.7 Å². The number of carbonyl (C=O) groups is 1. The molecule has 1 heterocycles. The molecule has 0 N–H and O–H groups in total. The Hall–Kier alpha value is -1.55. The Bertz CT molecular complexity index is 494. The third-order valence-electron chi connectivity index (χ3n) is 2.60. The highest BCUT2D eigenvalue weighted by molar-refractivity contribution is 8.18. The van der Waals surface area contributed by atoms with Crippen LogP contribution >= 0.6 is 11.8 Å². The highest BCUT2D eigenvalue weighted by atomic mass is 32.2. The fourth-order valence-corrected chi connectivity index (χ4v) is 2.85. The number of hydrogen-bond donors (Lipinski definition) is 0. The Morgan fingerprint density at radius 2 is 2.00 bits per heavy atom. The molecule has 1 saturated heterocycles. The van der Waals surface area contributed by atoms with Crippen LogP contribution < -0.4 is 0 Å². The van der Waals surface area contributed by atoms with Crippen LogP contribution in [0.15, 0.2) is 40.2 Å². The SMILES string of the molecule is CCN=C1SC(=Cc2ccccc2)C(=O)N1CC. The van der Waals surface area contributed by atoms with Gasteiger partial charge in [0.2, 0.25) is 0 Å². The lowest BCUT2D eigenvalue weighted by Crippen LogP contribution is -2.28. The average molecular weight is 260 g/mol. The molecule has 0 unspecified atom stereocenters. The summed E-state index contributed by atoms with van der Waals surface area (Å²) in [5.41, 5.74) is 1.04. The molecular weight excluding hydrogens is 244 g/mol. The van der Waals surface area contributed by atoms with Crippen molar-refractivity contribution >= 4 is 28.9 Å². The van der Waals surface area contributed by atoms with Crippen LogP contribution in [-0.4, -0.2) is 29.1 Å². The minimum Gasteiger partial charge on any atom is -0.287 e. The molecule has 18 heavy (non-hydrogen) atoms. The predicted molar refractivity (Wildman–Crippen MR) is 77.4 cm³/mol. The van der Waals surface area contributed by atoms with Crippen molar-refractivity contribution in [3.63, 3.8) is 0 Å². The van der Waals surface area contributed by atoms with Gasteiger partial charge in [0.05, 0.1) is 4.91 Å². The quantitative estimate of drug-likeness (QED) is 0.783. The van der Waals surface area contributed by atoms with Crippen molar-refractivity contribution in [2.24, 2.45) is 4.99 Å². The number of nitrogens with zero attached hydrogens (tertiary/aromatic N) is 2. The van der Waals surface area contributed by atoms with E-state index < -0.39 is 0 Å². The van der Waals surface area contributed by atoms with Crippen molar-refractivity contribution in [3.05, 3.63) is 40.8 Å². The first-order valence-corrected chi connectivity index (χ1v) is 6.88. The third kappa shape index (κ3) is 2.64. The van der Waals surface area contributed by atoms with Crippen LogP contribution in [0.25, 0.3) is 6.08 Å². The molecule has 4 heteroatoms. The van der Waals surface area contributed by atoms with Crippen LogP contribution in [0.2, 0.25) is 0 Å². The largest absolute Gasteiger partial charge is 0.287 e. The molecule has 1 aromatic carbocycles. The molecule has 0 aromatic heterocycles. The molecule has 0 spiro atoms. The van der Waals surface area contributed by atoms with Gasteiger partial charge in [0.1, 0.15) is 0 Å². The zero-order chi connectivity index (χ0) is 13.0. The number of thioether (sulfide) groups is 1. The van der Waals surface area contributed by atoms with Crippen LogP contribution in [0.5, 0.6) is 0 Å². The highest BCUT2D eigenvalue weighted by Gasteiger charge is 2.31. The van der Waals surface area contributed by atoms with E-state index >= 15 is 0 Å². The summed E-state index contributed by atoms with van der Waals surface area (Å²) in [5.74, 6) is 0.0542. The van der Waals surface area contributed by atoms with Gasteiger partial charge in [0.25, 0.3) is 5.91 Å². The summed E-state index contributed by atoms with van der Waals surface area (Å²) in [6.45, 7) is 5.31. The fraction of sp³-hybridized carbons (Fsp3) is 0.286. The van der Waals surface area contributed by atoms with Crippen molar-refractivity contribution < 1.29 is 4.79 Å². The Labute approximate surface area is 112 Å². The minimum absolute atomic E-state index is 0.0542. The first kappa shape index (κ1) is 12.9. The van der Waals surface area contributed by atoms with Crippen molar-refractivity contribution in [1.82, 2.24) is 4.90 Å². The van der Waals surface area contributed by atoms with Gasteiger partial charge in [-0.1, -0.05) is 30.3 Å². The molecule has 1 amide bonds. The topological polar surface area (TPSA) is 32.7 Å². The molecule has 0 saturated carbocycles. The summed E-state index contributed by atoms with van der Waals surface area (Å²) in [4.78, 5) is 19.0. The summed E-state index contributed by atoms with van der Waals surface area (Å²) in [5, 5.41) is 0.812. The lowest BCUT2D eigenvalue weighted by molar-refractivity contribution is -0.122. The van der Waals surface area contributed by atoms with Crippen LogP contribution in [0, 0.1) is 0 Å². The van der Waals surface area contributed by atoms with E-state index in [2.05, 4.69) is 4.99 Å². The number of aliphatic imine (C=N–C) groups is 1. The maximum atomic E-state index is 12.2. The maximum Gasteiger partial charge on any atom is 0.266 e. The zero-order valence-corrected chi connectivity index (χ0v) is 11.4. The summed E-state index contributed by atoms with van der Waals surface area (Å²) in [7, 11) is 0. The second-order valence-corrected chi connectivity index (χ2v) is 4.84. The van der Waals surface area contributed by atoms with E-state index in [-0.39, 0.29) is 5.91 Å². The number of amidine groups is 1. The predicted octanol–water partition coefficient (Wildman–Crippen LogP) is 3.00. The second-order valence-electron chi connectivity index (χ2n) is 3.83. The van der Waals surface area contributed by atoms with Gasteiger partial charge < -0.3 is 0 Å². The Balaban J connectivity index is 2.29. The summed E-state index contributed by atoms with van der Waals surface area (Å²) >= 11 is 1.46. The van der Waals surface area contributed by atoms with Crippen molar-refractivity contribution in [2.75, 3.05) is 13.1 Å². The van der Waals surface area contributed by atoms with Crippen LogP contribution in [0.1, 0.15) is 19.4 Å².